The molecule has 5 nitrogen and oxygen atoms in total. The third-order valence-corrected chi connectivity index (χ3v) is 5.83. The number of ketones is 2. The Kier molecular flexibility index (Phi) is 10.3. The highest BCUT2D eigenvalue weighted by atomic mass is 16.5. The topological polar surface area (TPSA) is 73.3 Å². The van der Waals surface area contributed by atoms with Crippen LogP contribution in [0.1, 0.15) is 71.4 Å². The van der Waals surface area contributed by atoms with Gasteiger partial charge in [-0.3, -0.25) is 19.4 Å². The molecule has 172 valence electrons. The van der Waals surface area contributed by atoms with Crippen molar-refractivity contribution in [3.8, 4) is 0 Å². The van der Waals surface area contributed by atoms with E-state index in [4.69, 9.17) is 4.74 Å². The number of hydrogen-bond donors (Lipinski definition) is 0. The first kappa shape index (κ1) is 25.4. The zero-order valence-electron chi connectivity index (χ0n) is 19.6. The lowest BCUT2D eigenvalue weighted by Crippen LogP contribution is -2.29. The fourth-order valence-electron chi connectivity index (χ4n) is 4.00. The van der Waals surface area contributed by atoms with E-state index in [2.05, 4.69) is 11.9 Å². The Morgan fingerprint density at radius 1 is 1.16 bits per heavy atom. The maximum Gasteiger partial charge on any atom is 0.303 e. The van der Waals surface area contributed by atoms with Gasteiger partial charge in [-0.05, 0) is 50.3 Å². The molecule has 0 unspecified atom stereocenters. The van der Waals surface area contributed by atoms with Gasteiger partial charge in [0, 0.05) is 31.2 Å². The highest BCUT2D eigenvalue weighted by Crippen LogP contribution is 2.26. The molecule has 1 aromatic heterocycles. The molecule has 1 heterocycles. The van der Waals surface area contributed by atoms with Gasteiger partial charge in [0.15, 0.2) is 5.78 Å². The van der Waals surface area contributed by atoms with E-state index in [1.807, 2.05) is 62.4 Å². The molecule has 0 spiro atoms. The maximum atomic E-state index is 13.0. The van der Waals surface area contributed by atoms with Gasteiger partial charge in [-0.15, -0.1) is 0 Å². The van der Waals surface area contributed by atoms with Crippen molar-refractivity contribution < 1.29 is 19.1 Å². The zero-order valence-corrected chi connectivity index (χ0v) is 19.6. The number of carbonyl (C=O) groups is 3. The Bertz CT molecular complexity index is 869. The van der Waals surface area contributed by atoms with E-state index in [-0.39, 0.29) is 41.9 Å². The molecule has 1 aliphatic rings. The molecule has 0 fully saturated rings. The lowest BCUT2D eigenvalue weighted by Gasteiger charge is -2.22. The van der Waals surface area contributed by atoms with Gasteiger partial charge in [-0.2, -0.15) is 0 Å². The van der Waals surface area contributed by atoms with Crippen molar-refractivity contribution in [1.82, 2.24) is 4.98 Å². The minimum atomic E-state index is -0.536. The summed E-state index contributed by atoms with van der Waals surface area (Å²) in [5, 5.41) is 0. The smallest absolute Gasteiger partial charge is 0.303 e. The second-order valence-corrected chi connectivity index (χ2v) is 8.60. The molecule has 0 aromatic carbocycles. The molecule has 1 aliphatic carbocycles. The SMILES string of the molecule is CC(=O)O[C@H]1/C=C/[C@H](C)[C@@H](/C(C)=C/C=C/[C@H](C)c2ccccn2)C(=O)C(=O)CCCCC1. The van der Waals surface area contributed by atoms with E-state index in [0.717, 1.165) is 30.5 Å². The lowest BCUT2D eigenvalue weighted by molar-refractivity contribution is -0.144. The average molecular weight is 438 g/mol. The fraction of sp³-hybridized carbons (Fsp3) is 0.481. The number of rotatable bonds is 5. The van der Waals surface area contributed by atoms with Crippen LogP contribution in [-0.2, 0) is 19.1 Å². The summed E-state index contributed by atoms with van der Waals surface area (Å²) in [7, 11) is 0. The lowest BCUT2D eigenvalue weighted by atomic mass is 9.81. The van der Waals surface area contributed by atoms with Gasteiger partial charge in [0.2, 0.25) is 5.78 Å². The molecule has 0 saturated heterocycles. The average Bonchev–Trinajstić information content (AvgIpc) is 2.76. The summed E-state index contributed by atoms with van der Waals surface area (Å²) >= 11 is 0. The normalized spacial score (nSPS) is 25.6. The summed E-state index contributed by atoms with van der Waals surface area (Å²) in [5.41, 5.74) is 1.81. The van der Waals surface area contributed by atoms with Crippen LogP contribution < -0.4 is 0 Å². The van der Waals surface area contributed by atoms with E-state index < -0.39 is 5.92 Å². The molecule has 0 amide bonds. The minimum absolute atomic E-state index is 0.135. The van der Waals surface area contributed by atoms with Gasteiger partial charge in [0.1, 0.15) is 6.10 Å². The van der Waals surface area contributed by atoms with Crippen LogP contribution in [0, 0.1) is 11.8 Å². The van der Waals surface area contributed by atoms with E-state index in [1.54, 1.807) is 6.20 Å². The molecule has 0 N–H and O–H groups in total. The standard InChI is InChI=1S/C27H35NO4/c1-19(24-14-8-9-18-28-24)11-10-12-20(2)26-21(3)16-17-23(32-22(4)29)13-6-5-7-15-25(30)27(26)31/h8-12,14,16-19,21,23,26H,5-7,13,15H2,1-4H3/b11-10+,17-16+,20-12+/t19-,21-,23+,26+/m0/s1. The van der Waals surface area contributed by atoms with E-state index in [9.17, 15) is 14.4 Å². The van der Waals surface area contributed by atoms with Crippen LogP contribution in [0.25, 0.3) is 0 Å². The third-order valence-electron chi connectivity index (χ3n) is 5.83. The first-order valence-corrected chi connectivity index (χ1v) is 11.5. The third kappa shape index (κ3) is 8.03. The van der Waals surface area contributed by atoms with Crippen LogP contribution >= 0.6 is 0 Å². The number of allylic oxidation sites excluding steroid dienone is 5. The molecule has 1 aromatic rings. The van der Waals surface area contributed by atoms with Crippen molar-refractivity contribution in [2.45, 2.75) is 71.8 Å². The van der Waals surface area contributed by atoms with Gasteiger partial charge in [-0.1, -0.05) is 56.2 Å². The van der Waals surface area contributed by atoms with E-state index >= 15 is 0 Å². The Morgan fingerprint density at radius 3 is 2.62 bits per heavy atom. The Morgan fingerprint density at radius 2 is 1.94 bits per heavy atom. The van der Waals surface area contributed by atoms with Crippen LogP contribution in [0.15, 0.2) is 60.3 Å². The summed E-state index contributed by atoms with van der Waals surface area (Å²) < 4.78 is 5.41. The number of hydrogen-bond acceptors (Lipinski definition) is 5. The number of Topliss-reactive ketones (excluding diaryl/α,β-unsaturated/α-hetero) is 2. The van der Waals surface area contributed by atoms with Crippen molar-refractivity contribution in [3.05, 3.63) is 66.0 Å². The highest BCUT2D eigenvalue weighted by Gasteiger charge is 2.30. The molecule has 0 aliphatic heterocycles. The molecule has 2 rings (SSSR count). The summed E-state index contributed by atoms with van der Waals surface area (Å²) in [4.78, 5) is 41.4. The van der Waals surface area contributed by atoms with Gasteiger partial charge in [-0.25, -0.2) is 0 Å². The quantitative estimate of drug-likeness (QED) is 0.262. The Labute approximate surface area is 191 Å². The van der Waals surface area contributed by atoms with Crippen LogP contribution in [0.4, 0.5) is 0 Å². The summed E-state index contributed by atoms with van der Waals surface area (Å²) in [6, 6.07) is 5.82. The molecule has 32 heavy (non-hydrogen) atoms. The molecule has 0 radical (unpaired) electrons. The zero-order chi connectivity index (χ0) is 23.5. The highest BCUT2D eigenvalue weighted by molar-refractivity contribution is 6.38. The molecular weight excluding hydrogens is 402 g/mol. The molecule has 4 atom stereocenters. The van der Waals surface area contributed by atoms with Crippen LogP contribution in [0.5, 0.6) is 0 Å². The predicted molar refractivity (Wildman–Crippen MR) is 126 cm³/mol. The van der Waals surface area contributed by atoms with Gasteiger partial charge < -0.3 is 4.74 Å². The van der Waals surface area contributed by atoms with Crippen molar-refractivity contribution in [2.24, 2.45) is 11.8 Å². The summed E-state index contributed by atoms with van der Waals surface area (Å²) in [6.45, 7) is 7.29. The van der Waals surface area contributed by atoms with Crippen LogP contribution in [0.3, 0.4) is 0 Å². The number of carbonyl (C=O) groups excluding carboxylic acids is 3. The van der Waals surface area contributed by atoms with E-state index in [1.165, 1.54) is 6.92 Å². The Balaban J connectivity index is 2.24. The van der Waals surface area contributed by atoms with Gasteiger partial charge >= 0.3 is 5.97 Å². The van der Waals surface area contributed by atoms with Gasteiger partial charge in [0.05, 0.1) is 5.92 Å². The van der Waals surface area contributed by atoms with Crippen molar-refractivity contribution in [1.29, 1.82) is 0 Å². The van der Waals surface area contributed by atoms with Crippen molar-refractivity contribution in [2.75, 3.05) is 0 Å². The molecular formula is C27H35NO4. The molecule has 0 bridgehead atoms. The number of ether oxygens (including phenoxy) is 1. The maximum absolute atomic E-state index is 13.0. The summed E-state index contributed by atoms with van der Waals surface area (Å²) in [5.74, 6) is -1.55. The van der Waals surface area contributed by atoms with Crippen molar-refractivity contribution >= 4 is 17.5 Å². The second-order valence-electron chi connectivity index (χ2n) is 8.60. The van der Waals surface area contributed by atoms with Gasteiger partial charge in [0.25, 0.3) is 0 Å². The number of esters is 1. The Hall–Kier alpha value is -2.82. The predicted octanol–water partition coefficient (Wildman–Crippen LogP) is 5.53. The van der Waals surface area contributed by atoms with Crippen LogP contribution in [-0.4, -0.2) is 28.6 Å². The first-order chi connectivity index (χ1) is 15.3. The molecule has 5 heteroatoms. The number of pyridine rings is 1. The monoisotopic (exact) mass is 437 g/mol. The largest absolute Gasteiger partial charge is 0.458 e. The summed E-state index contributed by atoms with van der Waals surface area (Å²) in [6.07, 6.45) is 14.5. The minimum Gasteiger partial charge on any atom is -0.458 e. The number of aromatic nitrogens is 1. The van der Waals surface area contributed by atoms with E-state index in [0.29, 0.717) is 6.42 Å². The fourth-order valence-corrected chi connectivity index (χ4v) is 4.00. The van der Waals surface area contributed by atoms with Crippen molar-refractivity contribution in [3.63, 3.8) is 0 Å². The first-order valence-electron chi connectivity index (χ1n) is 11.5. The second kappa shape index (κ2) is 12.9. The van der Waals surface area contributed by atoms with Crippen LogP contribution in [0.2, 0.25) is 0 Å². The molecule has 0 saturated carbocycles. The number of nitrogens with zero attached hydrogens (tertiary/aromatic N) is 1.